The fourth-order valence-electron chi connectivity index (χ4n) is 2.87. The third kappa shape index (κ3) is 14.2. The van der Waals surface area contributed by atoms with E-state index < -0.39 is 12.1 Å². The van der Waals surface area contributed by atoms with E-state index in [1.807, 2.05) is 0 Å². The summed E-state index contributed by atoms with van der Waals surface area (Å²) < 4.78 is 15.1. The molecule has 0 aromatic heterocycles. The highest BCUT2D eigenvalue weighted by atomic mass is 16.6. The summed E-state index contributed by atoms with van der Waals surface area (Å²) in [7, 11) is 1.52. The molecule has 0 aliphatic carbocycles. The van der Waals surface area contributed by atoms with E-state index >= 15 is 0 Å². The summed E-state index contributed by atoms with van der Waals surface area (Å²) in [5, 5.41) is 0. The largest absolute Gasteiger partial charge is 0.464 e. The van der Waals surface area contributed by atoms with E-state index in [0.29, 0.717) is 26.3 Å². The second-order valence-electron chi connectivity index (χ2n) is 7.22. The molecule has 0 radical (unpaired) electrons. The van der Waals surface area contributed by atoms with Crippen molar-refractivity contribution in [2.75, 3.05) is 53.1 Å². The zero-order chi connectivity index (χ0) is 22.6. The molecule has 30 heavy (non-hydrogen) atoms. The van der Waals surface area contributed by atoms with Gasteiger partial charge in [0.1, 0.15) is 19.7 Å². The minimum absolute atomic E-state index is 0.109. The zero-order valence-electron chi connectivity index (χ0n) is 19.5. The maximum atomic E-state index is 12.5. The van der Waals surface area contributed by atoms with Crippen LogP contribution in [0.5, 0.6) is 0 Å². The van der Waals surface area contributed by atoms with E-state index in [0.717, 1.165) is 19.3 Å². The van der Waals surface area contributed by atoms with Gasteiger partial charge in [-0.3, -0.25) is 14.5 Å². The molecular formula is C22H42N2O6. The van der Waals surface area contributed by atoms with E-state index in [9.17, 15) is 14.4 Å². The van der Waals surface area contributed by atoms with Crippen molar-refractivity contribution in [2.45, 2.75) is 72.1 Å². The SMILES string of the molecule is CCCCCCCCCCOC(=O)CN(CC)C(=O)CN(CC)C(=O)OCCOC. The molecule has 0 saturated carbocycles. The van der Waals surface area contributed by atoms with Crippen molar-refractivity contribution < 1.29 is 28.6 Å². The molecule has 0 unspecified atom stereocenters. The third-order valence-corrected chi connectivity index (χ3v) is 4.79. The highest BCUT2D eigenvalue weighted by Gasteiger charge is 2.22. The van der Waals surface area contributed by atoms with Gasteiger partial charge < -0.3 is 19.1 Å². The lowest BCUT2D eigenvalue weighted by atomic mass is 10.1. The number of unbranched alkanes of at least 4 members (excludes halogenated alkanes) is 7. The van der Waals surface area contributed by atoms with E-state index in [2.05, 4.69) is 6.92 Å². The van der Waals surface area contributed by atoms with Crippen LogP contribution in [0.25, 0.3) is 0 Å². The molecule has 0 fully saturated rings. The van der Waals surface area contributed by atoms with E-state index in [4.69, 9.17) is 14.2 Å². The molecule has 0 heterocycles. The number of hydrogen-bond acceptors (Lipinski definition) is 6. The Kier molecular flexibility index (Phi) is 18.0. The smallest absolute Gasteiger partial charge is 0.410 e. The van der Waals surface area contributed by atoms with Gasteiger partial charge >= 0.3 is 12.1 Å². The van der Waals surface area contributed by atoms with Gasteiger partial charge in [-0.25, -0.2) is 4.79 Å². The predicted octanol–water partition coefficient (Wildman–Crippen LogP) is 3.62. The highest BCUT2D eigenvalue weighted by Crippen LogP contribution is 2.08. The summed E-state index contributed by atoms with van der Waals surface area (Å²) in [5.41, 5.74) is 0. The normalized spacial score (nSPS) is 10.5. The van der Waals surface area contributed by atoms with Gasteiger partial charge in [0, 0.05) is 20.2 Å². The Bertz CT molecular complexity index is 473. The lowest BCUT2D eigenvalue weighted by Crippen LogP contribution is -2.45. The quantitative estimate of drug-likeness (QED) is 0.244. The number of carbonyl (C=O) groups is 3. The van der Waals surface area contributed by atoms with Crippen LogP contribution in [0, 0.1) is 0 Å². The zero-order valence-corrected chi connectivity index (χ0v) is 19.5. The molecule has 0 rings (SSSR count). The molecule has 0 bridgehead atoms. The molecule has 0 spiro atoms. The monoisotopic (exact) mass is 430 g/mol. The average Bonchev–Trinajstić information content (AvgIpc) is 2.74. The summed E-state index contributed by atoms with van der Waals surface area (Å²) in [6, 6.07) is 0. The van der Waals surface area contributed by atoms with Crippen LogP contribution < -0.4 is 0 Å². The number of esters is 1. The standard InChI is InChI=1S/C22H42N2O6/c1-5-8-9-10-11-12-13-14-15-29-21(26)19-23(6-2)20(25)18-24(7-3)22(27)30-17-16-28-4/h5-19H2,1-4H3. The lowest BCUT2D eigenvalue weighted by molar-refractivity contribution is -0.149. The van der Waals surface area contributed by atoms with Crippen molar-refractivity contribution in [2.24, 2.45) is 0 Å². The molecule has 8 heteroatoms. The molecule has 2 amide bonds. The molecule has 0 aromatic carbocycles. The van der Waals surface area contributed by atoms with Gasteiger partial charge in [0.25, 0.3) is 0 Å². The highest BCUT2D eigenvalue weighted by molar-refractivity contribution is 5.85. The first-order chi connectivity index (χ1) is 14.5. The molecule has 0 N–H and O–H groups in total. The Hall–Kier alpha value is -1.83. The Balaban J connectivity index is 4.13. The molecule has 0 atom stereocenters. The number of rotatable bonds is 18. The topological polar surface area (TPSA) is 85.4 Å². The van der Waals surface area contributed by atoms with Crippen LogP contribution in [-0.2, 0) is 23.8 Å². The number of amides is 2. The number of hydrogen-bond donors (Lipinski definition) is 0. The molecule has 0 saturated heterocycles. The first-order valence-electron chi connectivity index (χ1n) is 11.3. The predicted molar refractivity (Wildman–Crippen MR) is 116 cm³/mol. The number of carbonyl (C=O) groups excluding carboxylic acids is 3. The Morgan fingerprint density at radius 2 is 1.27 bits per heavy atom. The number of likely N-dealkylation sites (N-methyl/N-ethyl adjacent to an activating group) is 2. The Morgan fingerprint density at radius 1 is 0.667 bits per heavy atom. The fraction of sp³-hybridized carbons (Fsp3) is 0.864. The third-order valence-electron chi connectivity index (χ3n) is 4.79. The summed E-state index contributed by atoms with van der Waals surface area (Å²) in [6.45, 7) is 7.01. The van der Waals surface area contributed by atoms with Gasteiger partial charge in [0.05, 0.1) is 13.2 Å². The first kappa shape index (κ1) is 28.2. The van der Waals surface area contributed by atoms with Gasteiger partial charge in [-0.05, 0) is 20.3 Å². The van der Waals surface area contributed by atoms with E-state index in [1.54, 1.807) is 13.8 Å². The van der Waals surface area contributed by atoms with E-state index in [1.165, 1.54) is 49.0 Å². The van der Waals surface area contributed by atoms with Crippen molar-refractivity contribution >= 4 is 18.0 Å². The number of nitrogens with zero attached hydrogens (tertiary/aromatic N) is 2. The first-order valence-corrected chi connectivity index (χ1v) is 11.3. The summed E-state index contributed by atoms with van der Waals surface area (Å²) in [4.78, 5) is 39.2. The summed E-state index contributed by atoms with van der Waals surface area (Å²) in [5.74, 6) is -0.731. The van der Waals surface area contributed by atoms with Crippen LogP contribution >= 0.6 is 0 Å². The van der Waals surface area contributed by atoms with Crippen LogP contribution in [0.2, 0.25) is 0 Å². The summed E-state index contributed by atoms with van der Waals surface area (Å²) in [6.07, 6.45) is 8.83. The number of methoxy groups -OCH3 is 1. The lowest BCUT2D eigenvalue weighted by Gasteiger charge is -2.25. The van der Waals surface area contributed by atoms with Gasteiger partial charge in [-0.15, -0.1) is 0 Å². The van der Waals surface area contributed by atoms with Crippen LogP contribution in [0.3, 0.4) is 0 Å². The fourth-order valence-corrected chi connectivity index (χ4v) is 2.87. The van der Waals surface area contributed by atoms with Gasteiger partial charge in [0.15, 0.2) is 0 Å². The molecular weight excluding hydrogens is 388 g/mol. The summed E-state index contributed by atoms with van der Waals surface area (Å²) >= 11 is 0. The molecule has 8 nitrogen and oxygen atoms in total. The van der Waals surface area contributed by atoms with Gasteiger partial charge in [-0.1, -0.05) is 51.9 Å². The molecule has 176 valence electrons. The second kappa shape index (κ2) is 19.2. The van der Waals surface area contributed by atoms with Crippen molar-refractivity contribution in [1.29, 1.82) is 0 Å². The number of ether oxygens (including phenoxy) is 3. The van der Waals surface area contributed by atoms with Crippen molar-refractivity contribution in [3.05, 3.63) is 0 Å². The van der Waals surface area contributed by atoms with Crippen molar-refractivity contribution in [3.8, 4) is 0 Å². The van der Waals surface area contributed by atoms with Crippen LogP contribution in [0.1, 0.15) is 72.1 Å². The minimum Gasteiger partial charge on any atom is -0.464 e. The maximum Gasteiger partial charge on any atom is 0.410 e. The van der Waals surface area contributed by atoms with Crippen LogP contribution in [0.15, 0.2) is 0 Å². The van der Waals surface area contributed by atoms with Crippen molar-refractivity contribution in [3.63, 3.8) is 0 Å². The van der Waals surface area contributed by atoms with Crippen molar-refractivity contribution in [1.82, 2.24) is 9.80 Å². The van der Waals surface area contributed by atoms with Crippen LogP contribution in [0.4, 0.5) is 4.79 Å². The maximum absolute atomic E-state index is 12.5. The van der Waals surface area contributed by atoms with E-state index in [-0.39, 0.29) is 25.6 Å². The Morgan fingerprint density at radius 3 is 1.83 bits per heavy atom. The van der Waals surface area contributed by atoms with Gasteiger partial charge in [-0.2, -0.15) is 0 Å². The Labute approximate surface area is 182 Å². The molecule has 0 aliphatic heterocycles. The molecule has 0 aliphatic rings. The average molecular weight is 431 g/mol. The van der Waals surface area contributed by atoms with Gasteiger partial charge in [0.2, 0.25) is 5.91 Å². The van der Waals surface area contributed by atoms with Crippen LogP contribution in [-0.4, -0.2) is 80.9 Å². The minimum atomic E-state index is -0.573. The molecule has 0 aromatic rings. The second-order valence-corrected chi connectivity index (χ2v) is 7.22.